The summed E-state index contributed by atoms with van der Waals surface area (Å²) in [6.45, 7) is 2.57. The summed E-state index contributed by atoms with van der Waals surface area (Å²) in [5.41, 5.74) is 4.56. The molecule has 6 heteroatoms. The Hall–Kier alpha value is -1.56. The fourth-order valence-electron chi connectivity index (χ4n) is 2.03. The second-order valence-corrected chi connectivity index (χ2v) is 4.51. The number of nitrogens with one attached hydrogen (secondary N) is 1. The van der Waals surface area contributed by atoms with Gasteiger partial charge < -0.3 is 4.74 Å². The monoisotopic (exact) mass is 280 g/mol. The first kappa shape index (κ1) is 13.9. The van der Waals surface area contributed by atoms with E-state index in [0.29, 0.717) is 11.6 Å². The van der Waals surface area contributed by atoms with Crippen LogP contribution in [0.4, 0.5) is 0 Å². The number of hydrogen-bond donors (Lipinski definition) is 2. The van der Waals surface area contributed by atoms with Crippen molar-refractivity contribution in [3.63, 3.8) is 0 Å². The molecule has 0 fully saturated rings. The highest BCUT2D eigenvalue weighted by Crippen LogP contribution is 2.29. The second kappa shape index (κ2) is 6.06. The van der Waals surface area contributed by atoms with Crippen LogP contribution in [0.5, 0.6) is 5.75 Å². The average molecular weight is 281 g/mol. The van der Waals surface area contributed by atoms with E-state index in [-0.39, 0.29) is 6.04 Å². The zero-order chi connectivity index (χ0) is 13.8. The van der Waals surface area contributed by atoms with Crippen molar-refractivity contribution in [2.45, 2.75) is 13.0 Å². The SMILES string of the molecule is CCOc1cccc(C(NN)c2c(Cl)cnn2C)c1. The lowest BCUT2D eigenvalue weighted by Crippen LogP contribution is -2.30. The lowest BCUT2D eigenvalue weighted by Gasteiger charge is -2.18. The number of rotatable bonds is 5. The van der Waals surface area contributed by atoms with Crippen LogP contribution in [0.25, 0.3) is 0 Å². The summed E-state index contributed by atoms with van der Waals surface area (Å²) in [5, 5.41) is 4.70. The summed E-state index contributed by atoms with van der Waals surface area (Å²) >= 11 is 6.16. The third-order valence-corrected chi connectivity index (χ3v) is 3.17. The quantitative estimate of drug-likeness (QED) is 0.650. The van der Waals surface area contributed by atoms with Crippen LogP contribution in [0.15, 0.2) is 30.5 Å². The molecule has 0 bridgehead atoms. The predicted octanol–water partition coefficient (Wildman–Crippen LogP) is 2.02. The van der Waals surface area contributed by atoms with E-state index < -0.39 is 0 Å². The van der Waals surface area contributed by atoms with Gasteiger partial charge in [0.05, 0.1) is 29.6 Å². The van der Waals surface area contributed by atoms with Crippen molar-refractivity contribution in [3.05, 3.63) is 46.7 Å². The topological polar surface area (TPSA) is 65.1 Å². The molecule has 102 valence electrons. The minimum atomic E-state index is -0.236. The van der Waals surface area contributed by atoms with Crippen molar-refractivity contribution in [1.29, 1.82) is 0 Å². The van der Waals surface area contributed by atoms with Gasteiger partial charge in [-0.25, -0.2) is 5.43 Å². The summed E-state index contributed by atoms with van der Waals surface area (Å²) in [7, 11) is 1.83. The van der Waals surface area contributed by atoms with Crippen LogP contribution in [0.1, 0.15) is 24.2 Å². The minimum Gasteiger partial charge on any atom is -0.494 e. The Balaban J connectivity index is 2.39. The maximum absolute atomic E-state index is 6.16. The number of nitrogens with zero attached hydrogens (tertiary/aromatic N) is 2. The van der Waals surface area contributed by atoms with Crippen LogP contribution in [0.3, 0.4) is 0 Å². The molecule has 0 radical (unpaired) electrons. The second-order valence-electron chi connectivity index (χ2n) is 4.11. The zero-order valence-electron chi connectivity index (χ0n) is 10.9. The van der Waals surface area contributed by atoms with Gasteiger partial charge in [-0.15, -0.1) is 0 Å². The van der Waals surface area contributed by atoms with Gasteiger partial charge in [-0.1, -0.05) is 23.7 Å². The number of nitrogens with two attached hydrogens (primary N) is 1. The Morgan fingerprint density at radius 3 is 2.89 bits per heavy atom. The Morgan fingerprint density at radius 1 is 1.53 bits per heavy atom. The molecule has 3 N–H and O–H groups in total. The van der Waals surface area contributed by atoms with Crippen molar-refractivity contribution < 1.29 is 4.74 Å². The maximum atomic E-state index is 6.16. The predicted molar refractivity (Wildman–Crippen MR) is 75.0 cm³/mol. The minimum absolute atomic E-state index is 0.236. The molecule has 0 aliphatic heterocycles. The molecular weight excluding hydrogens is 264 g/mol. The van der Waals surface area contributed by atoms with Gasteiger partial charge in [0.15, 0.2) is 0 Å². The summed E-state index contributed by atoms with van der Waals surface area (Å²) in [6.07, 6.45) is 1.60. The number of hydrogen-bond acceptors (Lipinski definition) is 4. The highest BCUT2D eigenvalue weighted by Gasteiger charge is 2.20. The molecule has 1 aromatic heterocycles. The van der Waals surface area contributed by atoms with Crippen LogP contribution >= 0.6 is 11.6 Å². The molecule has 1 atom stereocenters. The van der Waals surface area contributed by atoms with E-state index in [1.54, 1.807) is 10.9 Å². The number of aromatic nitrogens is 2. The van der Waals surface area contributed by atoms with Gasteiger partial charge in [0, 0.05) is 7.05 Å². The fraction of sp³-hybridized carbons (Fsp3) is 0.308. The molecule has 5 nitrogen and oxygen atoms in total. The molecule has 0 spiro atoms. The van der Waals surface area contributed by atoms with Crippen LogP contribution in [-0.4, -0.2) is 16.4 Å². The first-order chi connectivity index (χ1) is 9.17. The molecule has 0 saturated heterocycles. The smallest absolute Gasteiger partial charge is 0.119 e. The van der Waals surface area contributed by atoms with E-state index in [0.717, 1.165) is 17.0 Å². The van der Waals surface area contributed by atoms with E-state index in [2.05, 4.69) is 10.5 Å². The lowest BCUT2D eigenvalue weighted by molar-refractivity contribution is 0.339. The van der Waals surface area contributed by atoms with Gasteiger partial charge >= 0.3 is 0 Å². The number of ether oxygens (including phenoxy) is 1. The normalized spacial score (nSPS) is 12.4. The van der Waals surface area contributed by atoms with Gasteiger partial charge in [0.25, 0.3) is 0 Å². The van der Waals surface area contributed by atoms with E-state index in [1.807, 2.05) is 38.2 Å². The average Bonchev–Trinajstić information content (AvgIpc) is 2.73. The van der Waals surface area contributed by atoms with Gasteiger partial charge in [0.1, 0.15) is 5.75 Å². The third kappa shape index (κ3) is 2.89. The number of benzene rings is 1. The van der Waals surface area contributed by atoms with E-state index >= 15 is 0 Å². The molecule has 0 aliphatic rings. The van der Waals surface area contributed by atoms with Crippen LogP contribution in [-0.2, 0) is 7.05 Å². The van der Waals surface area contributed by atoms with E-state index in [4.69, 9.17) is 22.2 Å². The largest absolute Gasteiger partial charge is 0.494 e. The number of hydrazine groups is 1. The summed E-state index contributed by atoms with van der Waals surface area (Å²) in [4.78, 5) is 0. The van der Waals surface area contributed by atoms with Crippen LogP contribution in [0.2, 0.25) is 5.02 Å². The standard InChI is InChI=1S/C13H17ClN4O/c1-3-19-10-6-4-5-9(7-10)12(17-15)13-11(14)8-16-18(13)2/h4-8,12,17H,3,15H2,1-2H3. The van der Waals surface area contributed by atoms with Gasteiger partial charge in [0.2, 0.25) is 0 Å². The Morgan fingerprint density at radius 2 is 2.32 bits per heavy atom. The molecule has 1 unspecified atom stereocenters. The lowest BCUT2D eigenvalue weighted by atomic mass is 10.0. The number of aryl methyl sites for hydroxylation is 1. The molecule has 0 amide bonds. The first-order valence-electron chi connectivity index (χ1n) is 6.03. The van der Waals surface area contributed by atoms with E-state index in [1.165, 1.54) is 0 Å². The fourth-order valence-corrected chi connectivity index (χ4v) is 2.30. The molecule has 2 aromatic rings. The third-order valence-electron chi connectivity index (χ3n) is 2.88. The Bertz CT molecular complexity index is 536. The van der Waals surface area contributed by atoms with Crippen molar-refractivity contribution >= 4 is 11.6 Å². The highest BCUT2D eigenvalue weighted by atomic mass is 35.5. The Kier molecular flexibility index (Phi) is 4.42. The molecule has 2 rings (SSSR count). The van der Waals surface area contributed by atoms with E-state index in [9.17, 15) is 0 Å². The van der Waals surface area contributed by atoms with Crippen LogP contribution in [0, 0.1) is 0 Å². The summed E-state index contributed by atoms with van der Waals surface area (Å²) in [6, 6.07) is 7.51. The highest BCUT2D eigenvalue weighted by molar-refractivity contribution is 6.31. The van der Waals surface area contributed by atoms with Crippen LogP contribution < -0.4 is 16.0 Å². The summed E-state index contributed by atoms with van der Waals surface area (Å²) < 4.78 is 7.20. The van der Waals surface area contributed by atoms with Gasteiger partial charge in [-0.2, -0.15) is 5.10 Å². The van der Waals surface area contributed by atoms with Gasteiger partial charge in [-0.05, 0) is 24.6 Å². The number of halogens is 1. The maximum Gasteiger partial charge on any atom is 0.119 e. The molecule has 0 saturated carbocycles. The molecule has 1 aromatic carbocycles. The van der Waals surface area contributed by atoms with Gasteiger partial charge in [-0.3, -0.25) is 10.5 Å². The van der Waals surface area contributed by atoms with Crippen molar-refractivity contribution in [2.75, 3.05) is 6.61 Å². The van der Waals surface area contributed by atoms with Crippen molar-refractivity contribution in [2.24, 2.45) is 12.9 Å². The first-order valence-corrected chi connectivity index (χ1v) is 6.41. The zero-order valence-corrected chi connectivity index (χ0v) is 11.7. The molecule has 1 heterocycles. The Labute approximate surface area is 117 Å². The molecule has 0 aliphatic carbocycles. The van der Waals surface area contributed by atoms with Crippen molar-refractivity contribution in [1.82, 2.24) is 15.2 Å². The van der Waals surface area contributed by atoms with Crippen molar-refractivity contribution in [3.8, 4) is 5.75 Å². The summed E-state index contributed by atoms with van der Waals surface area (Å²) in [5.74, 6) is 6.47. The molecule has 19 heavy (non-hydrogen) atoms. The molecular formula is C13H17ClN4O.